The van der Waals surface area contributed by atoms with Crippen LogP contribution in [0.15, 0.2) is 77.3 Å². The van der Waals surface area contributed by atoms with Gasteiger partial charge >= 0.3 is 0 Å². The summed E-state index contributed by atoms with van der Waals surface area (Å²) in [4.78, 5) is 25.2. The molecule has 3 aromatic carbocycles. The quantitative estimate of drug-likeness (QED) is 0.232. The molecule has 0 saturated carbocycles. The number of hydrogen-bond donors (Lipinski definition) is 2. The van der Waals surface area contributed by atoms with Gasteiger partial charge in [0.05, 0.1) is 28.0 Å². The second kappa shape index (κ2) is 10.3. The molecule has 42 heavy (non-hydrogen) atoms. The Labute approximate surface area is 245 Å². The van der Waals surface area contributed by atoms with Crippen molar-refractivity contribution in [3.63, 3.8) is 0 Å². The molecule has 3 heterocycles. The molecular weight excluding hydrogens is 581 g/mol. The normalized spacial score (nSPS) is 11.7. The molecule has 0 saturated heterocycles. The molecule has 0 bridgehead atoms. The topological polar surface area (TPSA) is 121 Å². The number of anilines is 1. The number of benzene rings is 3. The van der Waals surface area contributed by atoms with Gasteiger partial charge in [0.2, 0.25) is 10.0 Å². The number of carbonyl (C=O) groups is 1. The van der Waals surface area contributed by atoms with Gasteiger partial charge in [-0.2, -0.15) is 0 Å². The summed E-state index contributed by atoms with van der Waals surface area (Å²) in [6.45, 7) is 0. The molecule has 6 aromatic rings. The summed E-state index contributed by atoms with van der Waals surface area (Å²) in [6, 6.07) is 17.7. The van der Waals surface area contributed by atoms with Gasteiger partial charge in [-0.1, -0.05) is 17.7 Å². The van der Waals surface area contributed by atoms with Gasteiger partial charge in [0.15, 0.2) is 5.65 Å². The SMILES string of the molecule is CNC(=O)c1c(-c2ccc(F)cc2)oc2cc(N(C)S(C)(=O)=O)c(-c3ccc(Cl)c(-c4nc5ncccc5[nH]4)c3)cc12. The Morgan fingerprint density at radius 3 is 2.48 bits per heavy atom. The Balaban J connectivity index is 1.63. The minimum absolute atomic E-state index is 0.223. The average molecular weight is 604 g/mol. The number of pyridine rings is 1. The van der Waals surface area contributed by atoms with Gasteiger partial charge in [0.25, 0.3) is 5.91 Å². The van der Waals surface area contributed by atoms with Crippen LogP contribution in [-0.4, -0.2) is 49.6 Å². The zero-order valence-electron chi connectivity index (χ0n) is 22.6. The number of imidazole rings is 1. The van der Waals surface area contributed by atoms with E-state index in [4.69, 9.17) is 16.0 Å². The molecule has 1 amide bonds. The van der Waals surface area contributed by atoms with Crippen molar-refractivity contribution in [3.05, 3.63) is 89.3 Å². The lowest BCUT2D eigenvalue weighted by Crippen LogP contribution is -2.25. The molecule has 0 aliphatic carbocycles. The van der Waals surface area contributed by atoms with Gasteiger partial charge in [0.1, 0.15) is 23.0 Å². The summed E-state index contributed by atoms with van der Waals surface area (Å²) in [6.07, 6.45) is 2.74. The van der Waals surface area contributed by atoms with E-state index in [9.17, 15) is 17.6 Å². The van der Waals surface area contributed by atoms with Crippen molar-refractivity contribution in [2.24, 2.45) is 0 Å². The molecule has 9 nitrogen and oxygen atoms in total. The number of amides is 1. The first-order chi connectivity index (χ1) is 20.0. The number of fused-ring (bicyclic) bond motifs is 2. The van der Waals surface area contributed by atoms with Gasteiger partial charge in [-0.25, -0.2) is 22.8 Å². The van der Waals surface area contributed by atoms with Crippen LogP contribution >= 0.6 is 11.6 Å². The summed E-state index contributed by atoms with van der Waals surface area (Å²) in [5.74, 6) is -0.145. The number of furan rings is 1. The van der Waals surface area contributed by atoms with E-state index in [2.05, 4.69) is 20.3 Å². The summed E-state index contributed by atoms with van der Waals surface area (Å²) in [5, 5.41) is 3.50. The number of rotatable bonds is 6. The zero-order chi connectivity index (χ0) is 29.8. The number of sulfonamides is 1. The van der Waals surface area contributed by atoms with E-state index in [0.29, 0.717) is 49.8 Å². The minimum Gasteiger partial charge on any atom is -0.455 e. The summed E-state index contributed by atoms with van der Waals surface area (Å²) in [5.41, 5.74) is 4.24. The standard InChI is InChI=1S/C30H23ClFN5O4S/c1-33-30(38)26-21-14-19(17-8-11-22(31)20(13-17)28-35-23-5-4-12-34-29(23)36-28)24(37(2)42(3,39)40)15-25(21)41-27(26)16-6-9-18(32)10-7-16/h4-15H,1-3H3,(H,33,38)(H,34,35,36). The third kappa shape index (κ3) is 4.76. The molecular formula is C30H23ClFN5O4S. The van der Waals surface area contributed by atoms with Crippen molar-refractivity contribution in [1.29, 1.82) is 0 Å². The van der Waals surface area contributed by atoms with Crippen LogP contribution < -0.4 is 9.62 Å². The zero-order valence-corrected chi connectivity index (χ0v) is 24.1. The predicted octanol–water partition coefficient (Wildman–Crippen LogP) is 6.25. The molecule has 12 heteroatoms. The van der Waals surface area contributed by atoms with Gasteiger partial charge < -0.3 is 14.7 Å². The largest absolute Gasteiger partial charge is 0.455 e. The molecule has 6 rings (SSSR count). The Kier molecular flexibility index (Phi) is 6.71. The molecule has 212 valence electrons. The Hall–Kier alpha value is -4.74. The van der Waals surface area contributed by atoms with Gasteiger partial charge in [0, 0.05) is 48.4 Å². The summed E-state index contributed by atoms with van der Waals surface area (Å²) in [7, 11) is -0.774. The number of hydrogen-bond acceptors (Lipinski definition) is 6. The Morgan fingerprint density at radius 2 is 1.79 bits per heavy atom. The highest BCUT2D eigenvalue weighted by atomic mass is 35.5. The highest BCUT2D eigenvalue weighted by Gasteiger charge is 2.26. The molecule has 0 aliphatic heterocycles. The van der Waals surface area contributed by atoms with E-state index in [0.717, 1.165) is 16.1 Å². The number of carbonyl (C=O) groups excluding carboxylic acids is 1. The van der Waals surface area contributed by atoms with Crippen LogP contribution in [0.5, 0.6) is 0 Å². The van der Waals surface area contributed by atoms with E-state index in [1.807, 2.05) is 6.07 Å². The van der Waals surface area contributed by atoms with E-state index in [-0.39, 0.29) is 16.9 Å². The maximum absolute atomic E-state index is 13.7. The van der Waals surface area contributed by atoms with Crippen LogP contribution in [0.4, 0.5) is 10.1 Å². The molecule has 0 radical (unpaired) electrons. The Morgan fingerprint density at radius 1 is 1.05 bits per heavy atom. The maximum atomic E-state index is 13.7. The van der Waals surface area contributed by atoms with Crippen LogP contribution in [0.1, 0.15) is 10.4 Å². The van der Waals surface area contributed by atoms with Crippen molar-refractivity contribution in [3.8, 4) is 33.8 Å². The molecule has 0 fully saturated rings. The third-order valence-corrected chi connectivity index (χ3v) is 8.51. The predicted molar refractivity (Wildman–Crippen MR) is 162 cm³/mol. The third-order valence-electron chi connectivity index (χ3n) is 6.99. The van der Waals surface area contributed by atoms with Crippen LogP contribution in [0, 0.1) is 5.82 Å². The minimum atomic E-state index is -3.71. The molecule has 2 N–H and O–H groups in total. The molecule has 0 unspecified atom stereocenters. The van der Waals surface area contributed by atoms with Crippen molar-refractivity contribution < 1.29 is 22.0 Å². The van der Waals surface area contributed by atoms with Gasteiger partial charge in [-0.05, 0) is 60.2 Å². The number of nitrogens with zero attached hydrogens (tertiary/aromatic N) is 3. The molecule has 0 atom stereocenters. The van der Waals surface area contributed by atoms with E-state index < -0.39 is 21.7 Å². The van der Waals surface area contributed by atoms with E-state index >= 15 is 0 Å². The first-order valence-corrected chi connectivity index (χ1v) is 14.9. The van der Waals surface area contributed by atoms with Crippen molar-refractivity contribution in [2.45, 2.75) is 0 Å². The van der Waals surface area contributed by atoms with Crippen LogP contribution in [0.3, 0.4) is 0 Å². The van der Waals surface area contributed by atoms with Crippen molar-refractivity contribution in [1.82, 2.24) is 20.3 Å². The fourth-order valence-electron chi connectivity index (χ4n) is 4.80. The van der Waals surface area contributed by atoms with Gasteiger partial charge in [-0.15, -0.1) is 0 Å². The van der Waals surface area contributed by atoms with Crippen LogP contribution in [-0.2, 0) is 10.0 Å². The fraction of sp³-hybridized carbons (Fsp3) is 0.100. The van der Waals surface area contributed by atoms with Crippen molar-refractivity contribution >= 4 is 55.4 Å². The fourth-order valence-corrected chi connectivity index (χ4v) is 5.52. The van der Waals surface area contributed by atoms with E-state index in [1.54, 1.807) is 42.6 Å². The lowest BCUT2D eigenvalue weighted by Gasteiger charge is -2.21. The maximum Gasteiger partial charge on any atom is 0.255 e. The lowest BCUT2D eigenvalue weighted by atomic mass is 9.97. The number of halogens is 2. The number of H-pyrrole nitrogens is 1. The first kappa shape index (κ1) is 27.4. The first-order valence-electron chi connectivity index (χ1n) is 12.7. The van der Waals surface area contributed by atoms with Gasteiger partial charge in [-0.3, -0.25) is 9.10 Å². The Bertz CT molecular complexity index is 2090. The highest BCUT2D eigenvalue weighted by molar-refractivity contribution is 7.92. The lowest BCUT2D eigenvalue weighted by molar-refractivity contribution is 0.0964. The molecule has 3 aromatic heterocycles. The van der Waals surface area contributed by atoms with E-state index in [1.165, 1.54) is 38.4 Å². The van der Waals surface area contributed by atoms with Crippen LogP contribution in [0.25, 0.3) is 56.0 Å². The molecule has 0 aliphatic rings. The number of aromatic nitrogens is 3. The second-order valence-electron chi connectivity index (χ2n) is 9.64. The molecule has 0 spiro atoms. The summed E-state index contributed by atoms with van der Waals surface area (Å²) >= 11 is 6.60. The summed E-state index contributed by atoms with van der Waals surface area (Å²) < 4.78 is 46.4. The smallest absolute Gasteiger partial charge is 0.255 e. The van der Waals surface area contributed by atoms with Crippen molar-refractivity contribution in [2.75, 3.05) is 24.7 Å². The number of nitrogens with one attached hydrogen (secondary N) is 2. The second-order valence-corrected chi connectivity index (χ2v) is 12.1. The average Bonchev–Trinajstić information content (AvgIpc) is 3.57. The highest BCUT2D eigenvalue weighted by Crippen LogP contribution is 2.42. The number of aromatic amines is 1. The van der Waals surface area contributed by atoms with Crippen LogP contribution in [0.2, 0.25) is 5.02 Å². The monoisotopic (exact) mass is 603 g/mol.